The minimum atomic E-state index is 0.0605. The second kappa shape index (κ2) is 7.59. The Bertz CT molecular complexity index is 601. The SMILES string of the molecule is CCC(CC)C(=O)Nc1ccc(Nc2ccc(C)cc2)nc1. The van der Waals surface area contributed by atoms with E-state index in [2.05, 4.69) is 22.5 Å². The van der Waals surface area contributed by atoms with Gasteiger partial charge in [0.2, 0.25) is 5.91 Å². The molecule has 1 amide bonds. The topological polar surface area (TPSA) is 54.0 Å². The van der Waals surface area contributed by atoms with Crippen LogP contribution in [0, 0.1) is 12.8 Å². The molecule has 116 valence electrons. The third-order valence-electron chi connectivity index (χ3n) is 3.71. The second-order valence-corrected chi connectivity index (χ2v) is 5.43. The van der Waals surface area contributed by atoms with Crippen molar-refractivity contribution in [2.45, 2.75) is 33.6 Å². The number of hydrogen-bond donors (Lipinski definition) is 2. The first-order valence-corrected chi connectivity index (χ1v) is 7.73. The lowest BCUT2D eigenvalue weighted by Gasteiger charge is -2.13. The lowest BCUT2D eigenvalue weighted by atomic mass is 10.0. The zero-order valence-electron chi connectivity index (χ0n) is 13.4. The van der Waals surface area contributed by atoms with E-state index in [4.69, 9.17) is 0 Å². The third-order valence-corrected chi connectivity index (χ3v) is 3.71. The molecule has 1 aromatic carbocycles. The van der Waals surface area contributed by atoms with Crippen LogP contribution in [0.15, 0.2) is 42.6 Å². The summed E-state index contributed by atoms with van der Waals surface area (Å²) in [6.07, 6.45) is 3.38. The molecule has 0 radical (unpaired) electrons. The summed E-state index contributed by atoms with van der Waals surface area (Å²) in [6, 6.07) is 11.9. The van der Waals surface area contributed by atoms with Crippen LogP contribution in [0.25, 0.3) is 0 Å². The maximum Gasteiger partial charge on any atom is 0.227 e. The lowest BCUT2D eigenvalue weighted by molar-refractivity contribution is -0.120. The van der Waals surface area contributed by atoms with E-state index in [0.717, 1.165) is 30.0 Å². The quantitative estimate of drug-likeness (QED) is 0.825. The van der Waals surface area contributed by atoms with Crippen molar-refractivity contribution in [3.63, 3.8) is 0 Å². The van der Waals surface area contributed by atoms with Gasteiger partial charge in [0.05, 0.1) is 11.9 Å². The van der Waals surface area contributed by atoms with Gasteiger partial charge < -0.3 is 10.6 Å². The number of pyridine rings is 1. The molecule has 1 heterocycles. The monoisotopic (exact) mass is 297 g/mol. The number of aryl methyl sites for hydroxylation is 1. The molecule has 2 rings (SSSR count). The molecule has 1 aromatic heterocycles. The first kappa shape index (κ1) is 16.0. The molecular formula is C18H23N3O. The predicted octanol–water partition coefficient (Wildman–Crippen LogP) is 4.51. The molecule has 0 aliphatic rings. The van der Waals surface area contributed by atoms with Crippen molar-refractivity contribution in [3.8, 4) is 0 Å². The van der Waals surface area contributed by atoms with Gasteiger partial charge in [0.15, 0.2) is 0 Å². The number of hydrogen-bond acceptors (Lipinski definition) is 3. The number of rotatable bonds is 6. The minimum absolute atomic E-state index is 0.0605. The molecule has 0 saturated heterocycles. The maximum atomic E-state index is 12.0. The predicted molar refractivity (Wildman–Crippen MR) is 91.4 cm³/mol. The van der Waals surface area contributed by atoms with Crippen molar-refractivity contribution in [3.05, 3.63) is 48.2 Å². The maximum absolute atomic E-state index is 12.0. The molecule has 0 fully saturated rings. The molecule has 0 atom stereocenters. The highest BCUT2D eigenvalue weighted by Crippen LogP contribution is 2.18. The van der Waals surface area contributed by atoms with E-state index in [1.165, 1.54) is 5.56 Å². The molecular weight excluding hydrogens is 274 g/mol. The highest BCUT2D eigenvalue weighted by Gasteiger charge is 2.14. The van der Waals surface area contributed by atoms with Crippen LogP contribution < -0.4 is 10.6 Å². The molecule has 0 saturated carbocycles. The smallest absolute Gasteiger partial charge is 0.227 e. The van der Waals surface area contributed by atoms with Gasteiger partial charge in [-0.15, -0.1) is 0 Å². The highest BCUT2D eigenvalue weighted by molar-refractivity contribution is 5.92. The molecule has 2 aromatic rings. The van der Waals surface area contributed by atoms with Crippen LogP contribution in [0.2, 0.25) is 0 Å². The Hall–Kier alpha value is -2.36. The molecule has 2 N–H and O–H groups in total. The number of aromatic nitrogens is 1. The van der Waals surface area contributed by atoms with Crippen LogP contribution in [0.5, 0.6) is 0 Å². The summed E-state index contributed by atoms with van der Waals surface area (Å²) in [4.78, 5) is 16.4. The Balaban J connectivity index is 1.98. The van der Waals surface area contributed by atoms with Gasteiger partial charge in [-0.05, 0) is 44.0 Å². The van der Waals surface area contributed by atoms with E-state index < -0.39 is 0 Å². The van der Waals surface area contributed by atoms with E-state index in [1.54, 1.807) is 6.20 Å². The van der Waals surface area contributed by atoms with E-state index in [1.807, 2.05) is 50.2 Å². The first-order chi connectivity index (χ1) is 10.6. The van der Waals surface area contributed by atoms with Crippen LogP contribution in [-0.4, -0.2) is 10.9 Å². The van der Waals surface area contributed by atoms with Crippen LogP contribution in [0.4, 0.5) is 17.2 Å². The summed E-state index contributed by atoms with van der Waals surface area (Å²) < 4.78 is 0. The molecule has 0 spiro atoms. The molecule has 4 heteroatoms. The average Bonchev–Trinajstić information content (AvgIpc) is 2.53. The van der Waals surface area contributed by atoms with E-state index in [0.29, 0.717) is 0 Å². The van der Waals surface area contributed by atoms with Gasteiger partial charge in [-0.3, -0.25) is 4.79 Å². The molecule has 0 bridgehead atoms. The van der Waals surface area contributed by atoms with E-state index in [-0.39, 0.29) is 11.8 Å². The third kappa shape index (κ3) is 4.32. The van der Waals surface area contributed by atoms with Crippen LogP contribution >= 0.6 is 0 Å². The fourth-order valence-electron chi connectivity index (χ4n) is 2.23. The summed E-state index contributed by atoms with van der Waals surface area (Å²) in [7, 11) is 0. The summed E-state index contributed by atoms with van der Waals surface area (Å²) >= 11 is 0. The van der Waals surface area contributed by atoms with Crippen molar-refractivity contribution in [2.24, 2.45) is 5.92 Å². The number of benzene rings is 1. The zero-order valence-corrected chi connectivity index (χ0v) is 13.4. The number of nitrogens with zero attached hydrogens (tertiary/aromatic N) is 1. The van der Waals surface area contributed by atoms with Gasteiger partial charge in [0, 0.05) is 11.6 Å². The molecule has 0 unspecified atom stereocenters. The summed E-state index contributed by atoms with van der Waals surface area (Å²) in [5, 5.41) is 6.15. The van der Waals surface area contributed by atoms with Crippen molar-refractivity contribution < 1.29 is 4.79 Å². The van der Waals surface area contributed by atoms with Crippen LogP contribution in [0.3, 0.4) is 0 Å². The minimum Gasteiger partial charge on any atom is -0.340 e. The number of anilines is 3. The zero-order chi connectivity index (χ0) is 15.9. The van der Waals surface area contributed by atoms with Gasteiger partial charge in [-0.1, -0.05) is 31.5 Å². The number of amides is 1. The summed E-state index contributed by atoms with van der Waals surface area (Å²) in [6.45, 7) is 6.11. The van der Waals surface area contributed by atoms with Gasteiger partial charge in [-0.2, -0.15) is 0 Å². The van der Waals surface area contributed by atoms with Crippen LogP contribution in [0.1, 0.15) is 32.3 Å². The summed E-state index contributed by atoms with van der Waals surface area (Å²) in [5.74, 6) is 0.876. The fourth-order valence-corrected chi connectivity index (χ4v) is 2.23. The largest absolute Gasteiger partial charge is 0.340 e. The Morgan fingerprint density at radius 2 is 1.68 bits per heavy atom. The first-order valence-electron chi connectivity index (χ1n) is 7.73. The van der Waals surface area contributed by atoms with Crippen molar-refractivity contribution in [2.75, 3.05) is 10.6 Å². The highest BCUT2D eigenvalue weighted by atomic mass is 16.1. The normalized spacial score (nSPS) is 10.5. The standard InChI is InChI=1S/C18H23N3O/c1-4-14(5-2)18(22)21-16-10-11-17(19-12-16)20-15-8-6-13(3)7-9-15/h6-12,14H,4-5H2,1-3H3,(H,19,20)(H,21,22). The molecule has 0 aliphatic heterocycles. The summed E-state index contributed by atoms with van der Waals surface area (Å²) in [5.41, 5.74) is 2.94. The van der Waals surface area contributed by atoms with Gasteiger partial charge in [-0.25, -0.2) is 4.98 Å². The molecule has 22 heavy (non-hydrogen) atoms. The number of carbonyl (C=O) groups excluding carboxylic acids is 1. The van der Waals surface area contributed by atoms with Crippen molar-refractivity contribution in [1.82, 2.24) is 4.98 Å². The van der Waals surface area contributed by atoms with Crippen molar-refractivity contribution >= 4 is 23.1 Å². The second-order valence-electron chi connectivity index (χ2n) is 5.43. The van der Waals surface area contributed by atoms with Gasteiger partial charge in [0.25, 0.3) is 0 Å². The van der Waals surface area contributed by atoms with Gasteiger partial charge in [0.1, 0.15) is 5.82 Å². The lowest BCUT2D eigenvalue weighted by Crippen LogP contribution is -2.21. The average molecular weight is 297 g/mol. The number of carbonyl (C=O) groups is 1. The Morgan fingerprint density at radius 3 is 2.23 bits per heavy atom. The Labute approximate surface area is 132 Å². The number of nitrogens with one attached hydrogen (secondary N) is 2. The van der Waals surface area contributed by atoms with E-state index in [9.17, 15) is 4.79 Å². The van der Waals surface area contributed by atoms with Gasteiger partial charge >= 0.3 is 0 Å². The fraction of sp³-hybridized carbons (Fsp3) is 0.333. The van der Waals surface area contributed by atoms with E-state index >= 15 is 0 Å². The molecule has 0 aliphatic carbocycles. The van der Waals surface area contributed by atoms with Crippen molar-refractivity contribution in [1.29, 1.82) is 0 Å². The Kier molecular flexibility index (Phi) is 5.53. The van der Waals surface area contributed by atoms with Crippen LogP contribution in [-0.2, 0) is 4.79 Å². The Morgan fingerprint density at radius 1 is 1.05 bits per heavy atom. The molecule has 4 nitrogen and oxygen atoms in total.